The number of H-pyrrole nitrogens is 1. The summed E-state index contributed by atoms with van der Waals surface area (Å²) in [5, 5.41) is 0.669. The summed E-state index contributed by atoms with van der Waals surface area (Å²) in [6.45, 7) is 0. The Kier molecular flexibility index (Phi) is 3.28. The number of imidazole rings is 1. The summed E-state index contributed by atoms with van der Waals surface area (Å²) in [6.07, 6.45) is 0. The van der Waals surface area contributed by atoms with Gasteiger partial charge in [0.15, 0.2) is 0 Å². The van der Waals surface area contributed by atoms with Crippen LogP contribution in [-0.2, 0) is 0 Å². The van der Waals surface area contributed by atoms with Gasteiger partial charge in [-0.1, -0.05) is 27.5 Å². The average Bonchev–Trinajstić information content (AvgIpc) is 2.76. The number of nitrogens with one attached hydrogen (secondary N) is 1. The Labute approximate surface area is 131 Å². The van der Waals surface area contributed by atoms with Crippen LogP contribution in [0.1, 0.15) is 0 Å². The molecule has 1 aromatic heterocycles. The number of anilines is 1. The molecule has 0 saturated carbocycles. The molecule has 19 heavy (non-hydrogen) atoms. The Morgan fingerprint density at radius 1 is 1.16 bits per heavy atom. The second-order valence-electron chi connectivity index (χ2n) is 4.11. The van der Waals surface area contributed by atoms with E-state index in [9.17, 15) is 0 Å². The molecule has 6 heteroatoms. The second-order valence-corrected chi connectivity index (χ2v) is 6.28. The van der Waals surface area contributed by atoms with Crippen LogP contribution >= 0.6 is 43.5 Å². The van der Waals surface area contributed by atoms with Crippen molar-refractivity contribution < 1.29 is 0 Å². The summed E-state index contributed by atoms with van der Waals surface area (Å²) >= 11 is 12.8. The molecule has 0 atom stereocenters. The largest absolute Gasteiger partial charge is 0.397 e. The third kappa shape index (κ3) is 2.38. The molecule has 0 aliphatic rings. The lowest BCUT2D eigenvalue weighted by Crippen LogP contribution is -1.86. The quantitative estimate of drug-likeness (QED) is 0.565. The van der Waals surface area contributed by atoms with E-state index in [1.165, 1.54) is 0 Å². The number of rotatable bonds is 1. The fraction of sp³-hybridized carbons (Fsp3) is 0. The molecule has 3 aromatic rings. The van der Waals surface area contributed by atoms with Crippen molar-refractivity contribution in [3.8, 4) is 11.4 Å². The average molecular weight is 401 g/mol. The maximum Gasteiger partial charge on any atom is 0.138 e. The third-order valence-corrected chi connectivity index (χ3v) is 4.45. The molecule has 0 saturated heterocycles. The fourth-order valence-corrected chi connectivity index (χ4v) is 2.86. The highest BCUT2D eigenvalue weighted by Crippen LogP contribution is 2.31. The highest BCUT2D eigenvalue weighted by atomic mass is 79.9. The van der Waals surface area contributed by atoms with E-state index in [-0.39, 0.29) is 0 Å². The van der Waals surface area contributed by atoms with E-state index in [1.54, 1.807) is 0 Å². The first-order valence-corrected chi connectivity index (χ1v) is 7.41. The van der Waals surface area contributed by atoms with Crippen molar-refractivity contribution in [3.63, 3.8) is 0 Å². The van der Waals surface area contributed by atoms with Gasteiger partial charge in [-0.15, -0.1) is 0 Å². The summed E-state index contributed by atoms with van der Waals surface area (Å²) in [6, 6.07) is 9.45. The SMILES string of the molecule is Nc1cc(Br)cc2[nH]c(-c3ccc(Cl)c(Br)c3)nc12. The van der Waals surface area contributed by atoms with Gasteiger partial charge in [0.1, 0.15) is 11.3 Å². The van der Waals surface area contributed by atoms with Gasteiger partial charge in [-0.05, 0) is 46.3 Å². The van der Waals surface area contributed by atoms with Crippen molar-refractivity contribution in [3.05, 3.63) is 44.3 Å². The number of benzene rings is 2. The highest BCUT2D eigenvalue weighted by Gasteiger charge is 2.10. The summed E-state index contributed by atoms with van der Waals surface area (Å²) < 4.78 is 1.76. The minimum Gasteiger partial charge on any atom is -0.397 e. The van der Waals surface area contributed by atoms with E-state index >= 15 is 0 Å². The molecule has 0 bridgehead atoms. The van der Waals surface area contributed by atoms with Gasteiger partial charge in [-0.2, -0.15) is 0 Å². The number of hydrogen-bond acceptors (Lipinski definition) is 2. The number of aromatic amines is 1. The molecule has 0 aliphatic carbocycles. The molecule has 3 N–H and O–H groups in total. The molecular weight excluding hydrogens is 393 g/mol. The van der Waals surface area contributed by atoms with Gasteiger partial charge >= 0.3 is 0 Å². The van der Waals surface area contributed by atoms with Crippen LogP contribution in [0.25, 0.3) is 22.4 Å². The van der Waals surface area contributed by atoms with E-state index in [1.807, 2.05) is 30.3 Å². The van der Waals surface area contributed by atoms with Crippen LogP contribution in [0.15, 0.2) is 39.3 Å². The van der Waals surface area contributed by atoms with E-state index < -0.39 is 0 Å². The van der Waals surface area contributed by atoms with Gasteiger partial charge in [0.05, 0.1) is 16.2 Å². The summed E-state index contributed by atoms with van der Waals surface area (Å²) in [4.78, 5) is 7.78. The molecule has 3 rings (SSSR count). The first kappa shape index (κ1) is 13.0. The smallest absolute Gasteiger partial charge is 0.138 e. The molecule has 0 radical (unpaired) electrons. The van der Waals surface area contributed by atoms with Crippen LogP contribution in [0.2, 0.25) is 5.02 Å². The number of nitrogen functional groups attached to an aromatic ring is 1. The maximum atomic E-state index is 5.99. The Morgan fingerprint density at radius 2 is 1.95 bits per heavy atom. The summed E-state index contributed by atoms with van der Waals surface area (Å²) in [5.74, 6) is 0.761. The molecule has 0 unspecified atom stereocenters. The van der Waals surface area contributed by atoms with Gasteiger partial charge in [-0.3, -0.25) is 0 Å². The standard InChI is InChI=1S/C13H8Br2ClN3/c14-7-4-10(17)12-11(5-7)18-13(19-12)6-1-2-9(16)8(15)3-6/h1-5H,17H2,(H,18,19). The lowest BCUT2D eigenvalue weighted by molar-refractivity contribution is 1.33. The minimum atomic E-state index is 0.639. The number of nitrogens with zero attached hydrogens (tertiary/aromatic N) is 1. The first-order valence-electron chi connectivity index (χ1n) is 5.45. The van der Waals surface area contributed by atoms with Crippen LogP contribution < -0.4 is 5.73 Å². The maximum absolute atomic E-state index is 5.99. The van der Waals surface area contributed by atoms with E-state index in [0.717, 1.165) is 31.4 Å². The third-order valence-electron chi connectivity index (χ3n) is 2.77. The zero-order valence-electron chi connectivity index (χ0n) is 9.55. The second kappa shape index (κ2) is 4.81. The molecule has 2 aromatic carbocycles. The van der Waals surface area contributed by atoms with Gasteiger partial charge in [0.2, 0.25) is 0 Å². The topological polar surface area (TPSA) is 54.7 Å². The van der Waals surface area contributed by atoms with Gasteiger partial charge in [0.25, 0.3) is 0 Å². The molecular formula is C13H8Br2ClN3. The highest BCUT2D eigenvalue weighted by molar-refractivity contribution is 9.10. The summed E-state index contributed by atoms with van der Waals surface area (Å²) in [7, 11) is 0. The normalized spacial score (nSPS) is 11.1. The lowest BCUT2D eigenvalue weighted by Gasteiger charge is -1.99. The van der Waals surface area contributed by atoms with Crippen molar-refractivity contribution >= 4 is 60.2 Å². The first-order chi connectivity index (χ1) is 9.04. The van der Waals surface area contributed by atoms with Crippen LogP contribution in [0.5, 0.6) is 0 Å². The molecule has 1 heterocycles. The van der Waals surface area contributed by atoms with Crippen molar-refractivity contribution in [2.75, 3.05) is 5.73 Å². The van der Waals surface area contributed by atoms with E-state index in [4.69, 9.17) is 17.3 Å². The molecule has 96 valence electrons. The van der Waals surface area contributed by atoms with Crippen LogP contribution in [0, 0.1) is 0 Å². The van der Waals surface area contributed by atoms with Gasteiger partial charge in [-0.25, -0.2) is 4.98 Å². The van der Waals surface area contributed by atoms with Crippen molar-refractivity contribution in [1.29, 1.82) is 0 Å². The predicted molar refractivity (Wildman–Crippen MR) is 86.4 cm³/mol. The summed E-state index contributed by atoms with van der Waals surface area (Å²) in [5.41, 5.74) is 9.21. The Hall–Kier alpha value is -1.04. The van der Waals surface area contributed by atoms with Crippen LogP contribution in [-0.4, -0.2) is 9.97 Å². The minimum absolute atomic E-state index is 0.639. The van der Waals surface area contributed by atoms with E-state index in [2.05, 4.69) is 41.8 Å². The van der Waals surface area contributed by atoms with Crippen molar-refractivity contribution in [2.24, 2.45) is 0 Å². The monoisotopic (exact) mass is 399 g/mol. The molecule has 0 aliphatic heterocycles. The molecule has 0 amide bonds. The van der Waals surface area contributed by atoms with Crippen LogP contribution in [0.4, 0.5) is 5.69 Å². The molecule has 0 fully saturated rings. The van der Waals surface area contributed by atoms with E-state index in [0.29, 0.717) is 10.7 Å². The molecule has 0 spiro atoms. The number of halogens is 3. The Bertz CT molecular complexity index is 783. The number of hydrogen-bond donors (Lipinski definition) is 2. The number of nitrogens with two attached hydrogens (primary N) is 1. The zero-order chi connectivity index (χ0) is 13.6. The zero-order valence-corrected chi connectivity index (χ0v) is 13.5. The Balaban J connectivity index is 2.20. The molecule has 3 nitrogen and oxygen atoms in total. The van der Waals surface area contributed by atoms with Gasteiger partial charge < -0.3 is 10.7 Å². The van der Waals surface area contributed by atoms with Crippen molar-refractivity contribution in [1.82, 2.24) is 9.97 Å². The lowest BCUT2D eigenvalue weighted by atomic mass is 10.2. The number of fused-ring (bicyclic) bond motifs is 1. The fourth-order valence-electron chi connectivity index (χ4n) is 1.89. The Morgan fingerprint density at radius 3 is 2.68 bits per heavy atom. The number of aromatic nitrogens is 2. The van der Waals surface area contributed by atoms with Crippen LogP contribution in [0.3, 0.4) is 0 Å². The van der Waals surface area contributed by atoms with Crippen molar-refractivity contribution in [2.45, 2.75) is 0 Å². The predicted octanol–water partition coefficient (Wildman–Crippen LogP) is 4.99. The van der Waals surface area contributed by atoms with Gasteiger partial charge in [0, 0.05) is 14.5 Å².